The van der Waals surface area contributed by atoms with Gasteiger partial charge in [-0.3, -0.25) is 9.69 Å². The van der Waals surface area contributed by atoms with Crippen LogP contribution in [0.2, 0.25) is 0 Å². The second kappa shape index (κ2) is 7.54. The first-order chi connectivity index (χ1) is 10.0. The van der Waals surface area contributed by atoms with Crippen LogP contribution in [0.15, 0.2) is 4.52 Å². The van der Waals surface area contributed by atoms with Crippen molar-refractivity contribution >= 4 is 5.97 Å². The van der Waals surface area contributed by atoms with Crippen LogP contribution < -0.4 is 0 Å². The van der Waals surface area contributed by atoms with Crippen molar-refractivity contribution in [2.24, 2.45) is 11.8 Å². The maximum absolute atomic E-state index is 10.7. The van der Waals surface area contributed by atoms with Crippen molar-refractivity contribution < 1.29 is 14.4 Å². The Balaban J connectivity index is 1.81. The number of hydrogen-bond donors (Lipinski definition) is 1. The Morgan fingerprint density at radius 3 is 3.05 bits per heavy atom. The lowest BCUT2D eigenvalue weighted by molar-refractivity contribution is -0.137. The average molecular weight is 295 g/mol. The maximum Gasteiger partial charge on any atom is 0.303 e. The van der Waals surface area contributed by atoms with Gasteiger partial charge in [-0.2, -0.15) is 4.98 Å². The fourth-order valence-corrected chi connectivity index (χ4v) is 2.84. The molecule has 6 heteroatoms. The monoisotopic (exact) mass is 295 g/mol. The molecule has 1 N–H and O–H groups in total. The van der Waals surface area contributed by atoms with E-state index in [1.165, 1.54) is 0 Å². The van der Waals surface area contributed by atoms with E-state index in [1.807, 2.05) is 0 Å². The number of nitrogens with zero attached hydrogens (tertiary/aromatic N) is 3. The largest absolute Gasteiger partial charge is 0.481 e. The highest BCUT2D eigenvalue weighted by molar-refractivity contribution is 5.66. The van der Waals surface area contributed by atoms with Crippen LogP contribution in [0.5, 0.6) is 0 Å². The topological polar surface area (TPSA) is 79.5 Å². The predicted octanol–water partition coefficient (Wildman–Crippen LogP) is 2.34. The summed E-state index contributed by atoms with van der Waals surface area (Å²) in [5, 5.41) is 12.8. The standard InChI is InChI=1S/C15H25N3O3/c1-11(2)8-14-16-13(17-21-14)10-18-7-3-4-12(9-18)5-6-15(19)20/h11-12H,3-10H2,1-2H3,(H,19,20). The van der Waals surface area contributed by atoms with Gasteiger partial charge >= 0.3 is 5.97 Å². The zero-order valence-corrected chi connectivity index (χ0v) is 12.9. The van der Waals surface area contributed by atoms with Crippen LogP contribution in [-0.4, -0.2) is 39.2 Å². The summed E-state index contributed by atoms with van der Waals surface area (Å²) in [6.07, 6.45) is 4.07. The van der Waals surface area contributed by atoms with Crippen molar-refractivity contribution in [1.29, 1.82) is 0 Å². The number of carboxylic acids is 1. The highest BCUT2D eigenvalue weighted by Crippen LogP contribution is 2.22. The molecule has 1 aliphatic heterocycles. The SMILES string of the molecule is CC(C)Cc1nc(CN2CCCC(CCC(=O)O)C2)no1. The zero-order valence-electron chi connectivity index (χ0n) is 12.9. The van der Waals surface area contributed by atoms with E-state index in [0.29, 0.717) is 24.3 Å². The first-order valence-corrected chi connectivity index (χ1v) is 7.78. The first kappa shape index (κ1) is 15.9. The molecule has 0 saturated carbocycles. The minimum atomic E-state index is -0.705. The van der Waals surface area contributed by atoms with E-state index < -0.39 is 5.97 Å². The second-order valence-electron chi connectivity index (χ2n) is 6.38. The van der Waals surface area contributed by atoms with E-state index >= 15 is 0 Å². The van der Waals surface area contributed by atoms with Crippen molar-refractivity contribution in [1.82, 2.24) is 15.0 Å². The van der Waals surface area contributed by atoms with Crippen LogP contribution in [0, 0.1) is 11.8 Å². The Bertz CT molecular complexity index is 459. The highest BCUT2D eigenvalue weighted by Gasteiger charge is 2.22. The van der Waals surface area contributed by atoms with E-state index in [0.717, 1.165) is 44.6 Å². The lowest BCUT2D eigenvalue weighted by Gasteiger charge is -2.31. The van der Waals surface area contributed by atoms with Gasteiger partial charge in [0.2, 0.25) is 5.89 Å². The van der Waals surface area contributed by atoms with Gasteiger partial charge in [-0.1, -0.05) is 19.0 Å². The minimum Gasteiger partial charge on any atom is -0.481 e. The molecule has 1 aliphatic rings. The zero-order chi connectivity index (χ0) is 15.2. The Hall–Kier alpha value is -1.43. The number of aliphatic carboxylic acids is 1. The molecule has 0 radical (unpaired) electrons. The molecule has 6 nitrogen and oxygen atoms in total. The normalized spacial score (nSPS) is 20.0. The van der Waals surface area contributed by atoms with Gasteiger partial charge in [-0.25, -0.2) is 0 Å². The quantitative estimate of drug-likeness (QED) is 0.831. The van der Waals surface area contributed by atoms with Crippen LogP contribution >= 0.6 is 0 Å². The van der Waals surface area contributed by atoms with E-state index in [4.69, 9.17) is 9.63 Å². The third-order valence-corrected chi connectivity index (χ3v) is 3.83. The lowest BCUT2D eigenvalue weighted by atomic mass is 9.93. The van der Waals surface area contributed by atoms with E-state index in [1.54, 1.807) is 0 Å². The van der Waals surface area contributed by atoms with Crippen LogP contribution in [-0.2, 0) is 17.8 Å². The summed E-state index contributed by atoms with van der Waals surface area (Å²) < 4.78 is 5.26. The third-order valence-electron chi connectivity index (χ3n) is 3.83. The molecule has 1 fully saturated rings. The fraction of sp³-hybridized carbons (Fsp3) is 0.800. The number of likely N-dealkylation sites (tertiary alicyclic amines) is 1. The van der Waals surface area contributed by atoms with Gasteiger partial charge in [0.05, 0.1) is 6.54 Å². The number of aromatic nitrogens is 2. The van der Waals surface area contributed by atoms with E-state index in [9.17, 15) is 4.79 Å². The molecule has 2 rings (SSSR count). The Morgan fingerprint density at radius 2 is 2.33 bits per heavy atom. The Labute approximate surface area is 125 Å². The van der Waals surface area contributed by atoms with Crippen LogP contribution in [0.4, 0.5) is 0 Å². The summed E-state index contributed by atoms with van der Waals surface area (Å²) in [6.45, 7) is 6.91. The lowest BCUT2D eigenvalue weighted by Crippen LogP contribution is -2.35. The molecule has 0 aliphatic carbocycles. The number of carboxylic acid groups (broad SMARTS) is 1. The molecule has 0 spiro atoms. The molecule has 0 bridgehead atoms. The molecule has 2 heterocycles. The molecule has 21 heavy (non-hydrogen) atoms. The van der Waals surface area contributed by atoms with Gasteiger partial charge < -0.3 is 9.63 Å². The molecule has 1 aromatic heterocycles. The van der Waals surface area contributed by atoms with E-state index in [-0.39, 0.29) is 6.42 Å². The molecular formula is C15H25N3O3. The maximum atomic E-state index is 10.7. The van der Waals surface area contributed by atoms with Gasteiger partial charge in [-0.15, -0.1) is 0 Å². The Kier molecular flexibility index (Phi) is 5.73. The van der Waals surface area contributed by atoms with Crippen molar-refractivity contribution in [2.45, 2.75) is 52.5 Å². The second-order valence-corrected chi connectivity index (χ2v) is 6.38. The summed E-state index contributed by atoms with van der Waals surface area (Å²) in [7, 11) is 0. The number of carbonyl (C=O) groups is 1. The van der Waals surface area contributed by atoms with Gasteiger partial charge in [0, 0.05) is 19.4 Å². The average Bonchev–Trinajstić information content (AvgIpc) is 2.83. The first-order valence-electron chi connectivity index (χ1n) is 7.78. The van der Waals surface area contributed by atoms with Gasteiger partial charge in [0.1, 0.15) is 0 Å². The van der Waals surface area contributed by atoms with Crippen molar-refractivity contribution in [3.8, 4) is 0 Å². The number of rotatable bonds is 7. The third kappa shape index (κ3) is 5.46. The molecule has 1 saturated heterocycles. The molecule has 0 amide bonds. The van der Waals surface area contributed by atoms with Crippen molar-refractivity contribution in [3.05, 3.63) is 11.7 Å². The fourth-order valence-electron chi connectivity index (χ4n) is 2.84. The van der Waals surface area contributed by atoms with Crippen LogP contribution in [0.1, 0.15) is 51.2 Å². The van der Waals surface area contributed by atoms with E-state index in [2.05, 4.69) is 28.9 Å². The highest BCUT2D eigenvalue weighted by atomic mass is 16.5. The summed E-state index contributed by atoms with van der Waals surface area (Å²) in [5.74, 6) is 1.72. The molecular weight excluding hydrogens is 270 g/mol. The summed E-state index contributed by atoms with van der Waals surface area (Å²) in [4.78, 5) is 17.4. The van der Waals surface area contributed by atoms with Gasteiger partial charge in [-0.05, 0) is 37.6 Å². The van der Waals surface area contributed by atoms with Gasteiger partial charge in [0.25, 0.3) is 0 Å². The molecule has 118 valence electrons. The summed E-state index contributed by atoms with van der Waals surface area (Å²) in [5.41, 5.74) is 0. The molecule has 1 unspecified atom stereocenters. The molecule has 1 atom stereocenters. The number of hydrogen-bond acceptors (Lipinski definition) is 5. The molecule has 0 aromatic carbocycles. The predicted molar refractivity (Wildman–Crippen MR) is 77.7 cm³/mol. The van der Waals surface area contributed by atoms with Crippen molar-refractivity contribution in [3.63, 3.8) is 0 Å². The van der Waals surface area contributed by atoms with Gasteiger partial charge in [0.15, 0.2) is 5.82 Å². The summed E-state index contributed by atoms with van der Waals surface area (Å²) >= 11 is 0. The molecule has 1 aromatic rings. The van der Waals surface area contributed by atoms with Crippen LogP contribution in [0.3, 0.4) is 0 Å². The smallest absolute Gasteiger partial charge is 0.303 e. The minimum absolute atomic E-state index is 0.263. The van der Waals surface area contributed by atoms with Crippen LogP contribution in [0.25, 0.3) is 0 Å². The Morgan fingerprint density at radius 1 is 1.52 bits per heavy atom. The summed E-state index contributed by atoms with van der Waals surface area (Å²) in [6, 6.07) is 0. The number of piperidine rings is 1. The van der Waals surface area contributed by atoms with Crippen molar-refractivity contribution in [2.75, 3.05) is 13.1 Å².